The Labute approximate surface area is 151 Å². The average molecular weight is 345 g/mol. The Kier molecular flexibility index (Phi) is 5.71. The summed E-state index contributed by atoms with van der Waals surface area (Å²) >= 11 is 0. The van der Waals surface area contributed by atoms with E-state index in [2.05, 4.69) is 23.6 Å². The number of hydrogen-bond donors (Lipinski definition) is 2. The summed E-state index contributed by atoms with van der Waals surface area (Å²) in [6.45, 7) is 4.82. The third-order valence-corrected chi connectivity index (χ3v) is 5.39. The number of benzene rings is 1. The van der Waals surface area contributed by atoms with E-state index in [0.29, 0.717) is 5.41 Å². The van der Waals surface area contributed by atoms with E-state index in [4.69, 9.17) is 14.5 Å². The highest BCUT2D eigenvalue weighted by molar-refractivity contribution is 5.79. The van der Waals surface area contributed by atoms with E-state index >= 15 is 0 Å². The summed E-state index contributed by atoms with van der Waals surface area (Å²) in [4.78, 5) is 4.85. The van der Waals surface area contributed by atoms with Crippen molar-refractivity contribution in [2.75, 3.05) is 33.9 Å². The van der Waals surface area contributed by atoms with Crippen LogP contribution in [-0.2, 0) is 6.42 Å². The van der Waals surface area contributed by atoms with Gasteiger partial charge in [0.25, 0.3) is 0 Å². The standard InChI is InChI=1S/C20H31N3O2/c1-4-21-19(23-14-20(10-11-20)16-6-7-16)22-12-9-15-5-8-17(24-2)18(13-15)25-3/h5,8,13,16H,4,6-7,9-12,14H2,1-3H3,(H2,21,22,23). The normalized spacial score (nSPS) is 18.6. The van der Waals surface area contributed by atoms with Crippen molar-refractivity contribution in [2.24, 2.45) is 16.3 Å². The minimum absolute atomic E-state index is 0.547. The fourth-order valence-corrected chi connectivity index (χ4v) is 3.49. The lowest BCUT2D eigenvalue weighted by atomic mass is 10.0. The van der Waals surface area contributed by atoms with Crippen LogP contribution in [0.5, 0.6) is 11.5 Å². The molecule has 0 heterocycles. The van der Waals surface area contributed by atoms with E-state index in [9.17, 15) is 0 Å². The van der Waals surface area contributed by atoms with E-state index < -0.39 is 0 Å². The van der Waals surface area contributed by atoms with Gasteiger partial charge in [-0.25, -0.2) is 0 Å². The van der Waals surface area contributed by atoms with E-state index in [1.54, 1.807) is 14.2 Å². The molecular formula is C20H31N3O2. The van der Waals surface area contributed by atoms with Gasteiger partial charge in [0.2, 0.25) is 0 Å². The van der Waals surface area contributed by atoms with Crippen LogP contribution in [-0.4, -0.2) is 39.8 Å². The van der Waals surface area contributed by atoms with Crippen LogP contribution in [0.15, 0.2) is 23.2 Å². The van der Waals surface area contributed by atoms with Crippen molar-refractivity contribution in [1.29, 1.82) is 0 Å². The van der Waals surface area contributed by atoms with Crippen LogP contribution in [0.1, 0.15) is 38.2 Å². The molecule has 0 amide bonds. The Balaban J connectivity index is 1.51. The molecule has 0 saturated heterocycles. The molecular weight excluding hydrogens is 314 g/mol. The van der Waals surface area contributed by atoms with Crippen LogP contribution in [0.25, 0.3) is 0 Å². The zero-order valence-electron chi connectivity index (χ0n) is 15.7. The molecule has 0 radical (unpaired) electrons. The number of methoxy groups -OCH3 is 2. The fourth-order valence-electron chi connectivity index (χ4n) is 3.49. The molecule has 2 N–H and O–H groups in total. The van der Waals surface area contributed by atoms with Crippen molar-refractivity contribution < 1.29 is 9.47 Å². The van der Waals surface area contributed by atoms with Gasteiger partial charge in [-0.1, -0.05) is 6.07 Å². The second kappa shape index (κ2) is 7.98. The third kappa shape index (κ3) is 4.59. The monoisotopic (exact) mass is 345 g/mol. The molecule has 0 aliphatic heterocycles. The first kappa shape index (κ1) is 17.9. The number of nitrogens with one attached hydrogen (secondary N) is 2. The molecule has 138 valence electrons. The lowest BCUT2D eigenvalue weighted by Gasteiger charge is -2.15. The first-order chi connectivity index (χ1) is 12.2. The van der Waals surface area contributed by atoms with Crippen LogP contribution in [0.3, 0.4) is 0 Å². The van der Waals surface area contributed by atoms with Gasteiger partial charge in [0, 0.05) is 19.6 Å². The molecule has 2 aliphatic rings. The zero-order valence-corrected chi connectivity index (χ0v) is 15.7. The van der Waals surface area contributed by atoms with Gasteiger partial charge in [-0.2, -0.15) is 0 Å². The minimum Gasteiger partial charge on any atom is -0.493 e. The number of nitrogens with zero attached hydrogens (tertiary/aromatic N) is 1. The maximum Gasteiger partial charge on any atom is 0.191 e. The van der Waals surface area contributed by atoms with Gasteiger partial charge in [-0.05, 0) is 68.1 Å². The first-order valence-corrected chi connectivity index (χ1v) is 9.44. The molecule has 0 aromatic heterocycles. The topological polar surface area (TPSA) is 54.9 Å². The molecule has 1 aromatic carbocycles. The quantitative estimate of drug-likeness (QED) is 0.534. The van der Waals surface area contributed by atoms with Gasteiger partial charge < -0.3 is 20.1 Å². The molecule has 2 fully saturated rings. The van der Waals surface area contributed by atoms with Crippen LogP contribution in [0.2, 0.25) is 0 Å². The van der Waals surface area contributed by atoms with E-state index in [0.717, 1.165) is 49.4 Å². The maximum atomic E-state index is 5.37. The van der Waals surface area contributed by atoms with Crippen molar-refractivity contribution in [3.63, 3.8) is 0 Å². The highest BCUT2D eigenvalue weighted by atomic mass is 16.5. The molecule has 5 nitrogen and oxygen atoms in total. The highest BCUT2D eigenvalue weighted by Crippen LogP contribution is 2.61. The first-order valence-electron chi connectivity index (χ1n) is 9.44. The van der Waals surface area contributed by atoms with E-state index in [-0.39, 0.29) is 0 Å². The van der Waals surface area contributed by atoms with Crippen molar-refractivity contribution in [3.8, 4) is 11.5 Å². The summed E-state index contributed by atoms with van der Waals surface area (Å²) in [5.41, 5.74) is 1.77. The summed E-state index contributed by atoms with van der Waals surface area (Å²) < 4.78 is 10.7. The molecule has 0 atom stereocenters. The predicted octanol–water partition coefficient (Wildman–Crippen LogP) is 2.99. The van der Waals surface area contributed by atoms with Gasteiger partial charge in [0.05, 0.1) is 14.2 Å². The SMILES string of the molecule is CCNC(=NCC1(C2CC2)CC1)NCCc1ccc(OC)c(OC)c1. The summed E-state index contributed by atoms with van der Waals surface area (Å²) in [7, 11) is 3.33. The number of hydrogen-bond acceptors (Lipinski definition) is 3. The largest absolute Gasteiger partial charge is 0.493 e. The molecule has 2 saturated carbocycles. The van der Waals surface area contributed by atoms with E-state index in [1.165, 1.54) is 31.2 Å². The summed E-state index contributed by atoms with van der Waals surface area (Å²) in [6, 6.07) is 6.08. The smallest absolute Gasteiger partial charge is 0.191 e. The van der Waals surface area contributed by atoms with Gasteiger partial charge in [-0.3, -0.25) is 4.99 Å². The second-order valence-corrected chi connectivity index (χ2v) is 7.20. The van der Waals surface area contributed by atoms with Crippen molar-refractivity contribution in [1.82, 2.24) is 10.6 Å². The molecule has 0 unspecified atom stereocenters. The van der Waals surface area contributed by atoms with E-state index in [1.807, 2.05) is 12.1 Å². The lowest BCUT2D eigenvalue weighted by molar-refractivity contribution is 0.354. The Hall–Kier alpha value is -1.91. The van der Waals surface area contributed by atoms with Crippen molar-refractivity contribution in [2.45, 2.75) is 39.0 Å². The molecule has 0 bridgehead atoms. The van der Waals surface area contributed by atoms with Gasteiger partial charge in [-0.15, -0.1) is 0 Å². The minimum atomic E-state index is 0.547. The Morgan fingerprint density at radius 2 is 1.92 bits per heavy atom. The number of aliphatic imine (C=N–C) groups is 1. The van der Waals surface area contributed by atoms with Gasteiger partial charge in [0.15, 0.2) is 17.5 Å². The predicted molar refractivity (Wildman–Crippen MR) is 102 cm³/mol. The zero-order chi connectivity index (χ0) is 17.7. The highest BCUT2D eigenvalue weighted by Gasteiger charge is 2.53. The summed E-state index contributed by atoms with van der Waals surface area (Å²) in [5.74, 6) is 3.44. The maximum absolute atomic E-state index is 5.37. The third-order valence-electron chi connectivity index (χ3n) is 5.39. The Bertz CT molecular complexity index is 607. The Morgan fingerprint density at radius 1 is 1.16 bits per heavy atom. The lowest BCUT2D eigenvalue weighted by Crippen LogP contribution is -2.38. The average Bonchev–Trinajstić information content (AvgIpc) is 3.52. The molecule has 5 heteroatoms. The van der Waals surface area contributed by atoms with Crippen LogP contribution in [0.4, 0.5) is 0 Å². The second-order valence-electron chi connectivity index (χ2n) is 7.20. The molecule has 1 aromatic rings. The molecule has 0 spiro atoms. The van der Waals surface area contributed by atoms with Crippen molar-refractivity contribution >= 4 is 5.96 Å². The number of guanidine groups is 1. The molecule has 3 rings (SSSR count). The van der Waals surface area contributed by atoms with Crippen LogP contribution in [0, 0.1) is 11.3 Å². The van der Waals surface area contributed by atoms with Gasteiger partial charge in [0.1, 0.15) is 0 Å². The molecule has 2 aliphatic carbocycles. The number of ether oxygens (including phenoxy) is 2. The summed E-state index contributed by atoms with van der Waals surface area (Å²) in [6.07, 6.45) is 6.48. The number of rotatable bonds is 9. The van der Waals surface area contributed by atoms with Gasteiger partial charge >= 0.3 is 0 Å². The molecule has 25 heavy (non-hydrogen) atoms. The van der Waals surface area contributed by atoms with Crippen LogP contribution < -0.4 is 20.1 Å². The van der Waals surface area contributed by atoms with Crippen LogP contribution >= 0.6 is 0 Å². The van der Waals surface area contributed by atoms with Crippen molar-refractivity contribution in [3.05, 3.63) is 23.8 Å². The Morgan fingerprint density at radius 3 is 2.52 bits per heavy atom. The fraction of sp³-hybridized carbons (Fsp3) is 0.650. The summed E-state index contributed by atoms with van der Waals surface area (Å²) in [5, 5.41) is 6.83.